The highest BCUT2D eigenvalue weighted by Crippen LogP contribution is 2.23. The molecule has 2 aromatic heterocycles. The number of fused-ring (bicyclic) bond motifs is 1. The van der Waals surface area contributed by atoms with E-state index < -0.39 is 0 Å². The molecular weight excluding hydrogens is 406 g/mol. The van der Waals surface area contributed by atoms with Gasteiger partial charge in [0, 0.05) is 7.05 Å². The van der Waals surface area contributed by atoms with Crippen LogP contribution in [0.3, 0.4) is 0 Å². The SMILES string of the molecule is Cn1nc(Br)c2c(=O)n(Cc3ccc(-c4ccccc4C#N)cc3)cnc21. The van der Waals surface area contributed by atoms with E-state index in [9.17, 15) is 10.1 Å². The molecule has 132 valence electrons. The van der Waals surface area contributed by atoms with Crippen molar-refractivity contribution in [1.82, 2.24) is 19.3 Å². The molecule has 0 unspecified atom stereocenters. The van der Waals surface area contributed by atoms with Crippen molar-refractivity contribution in [2.75, 3.05) is 0 Å². The number of hydrogen-bond acceptors (Lipinski definition) is 4. The fourth-order valence-corrected chi connectivity index (χ4v) is 3.65. The third-order valence-corrected chi connectivity index (χ3v) is 4.99. The van der Waals surface area contributed by atoms with Gasteiger partial charge in [-0.2, -0.15) is 10.4 Å². The Labute approximate surface area is 163 Å². The van der Waals surface area contributed by atoms with E-state index in [2.05, 4.69) is 32.1 Å². The largest absolute Gasteiger partial charge is 0.294 e. The van der Waals surface area contributed by atoms with Crippen LogP contribution in [0.25, 0.3) is 22.2 Å². The minimum absolute atomic E-state index is 0.140. The first kappa shape index (κ1) is 17.2. The van der Waals surface area contributed by atoms with Crippen molar-refractivity contribution < 1.29 is 0 Å². The van der Waals surface area contributed by atoms with Crippen LogP contribution in [0, 0.1) is 11.3 Å². The summed E-state index contributed by atoms with van der Waals surface area (Å²) in [5, 5.41) is 13.9. The third kappa shape index (κ3) is 3.04. The Bertz CT molecular complexity index is 1250. The topological polar surface area (TPSA) is 76.5 Å². The van der Waals surface area contributed by atoms with Crippen LogP contribution in [0.5, 0.6) is 0 Å². The maximum absolute atomic E-state index is 12.7. The van der Waals surface area contributed by atoms with Crippen LogP contribution in [0.15, 0.2) is 64.3 Å². The lowest BCUT2D eigenvalue weighted by Gasteiger charge is -2.08. The molecule has 0 aliphatic rings. The highest BCUT2D eigenvalue weighted by Gasteiger charge is 2.13. The number of aromatic nitrogens is 4. The van der Waals surface area contributed by atoms with E-state index >= 15 is 0 Å². The van der Waals surface area contributed by atoms with Gasteiger partial charge in [-0.05, 0) is 38.7 Å². The van der Waals surface area contributed by atoms with Crippen molar-refractivity contribution in [1.29, 1.82) is 5.26 Å². The van der Waals surface area contributed by atoms with Gasteiger partial charge in [0.15, 0.2) is 5.65 Å². The molecule has 0 atom stereocenters. The summed E-state index contributed by atoms with van der Waals surface area (Å²) < 4.78 is 3.63. The number of benzene rings is 2. The summed E-state index contributed by atoms with van der Waals surface area (Å²) >= 11 is 3.33. The molecule has 0 saturated carbocycles. The van der Waals surface area contributed by atoms with Gasteiger partial charge in [-0.15, -0.1) is 0 Å². The summed E-state index contributed by atoms with van der Waals surface area (Å²) in [6.07, 6.45) is 1.54. The van der Waals surface area contributed by atoms with E-state index in [1.54, 1.807) is 22.4 Å². The second kappa shape index (κ2) is 6.82. The van der Waals surface area contributed by atoms with Gasteiger partial charge in [-0.1, -0.05) is 42.5 Å². The van der Waals surface area contributed by atoms with Crippen molar-refractivity contribution in [3.8, 4) is 17.2 Å². The number of halogens is 1. The Hall–Kier alpha value is -3.24. The minimum Gasteiger partial charge on any atom is -0.294 e. The molecule has 4 rings (SSSR count). The molecule has 0 saturated heterocycles. The Morgan fingerprint density at radius 1 is 1.15 bits per heavy atom. The Balaban J connectivity index is 1.67. The lowest BCUT2D eigenvalue weighted by molar-refractivity contribution is 0.737. The lowest BCUT2D eigenvalue weighted by Crippen LogP contribution is -2.21. The van der Waals surface area contributed by atoms with Crippen LogP contribution >= 0.6 is 15.9 Å². The first-order valence-electron chi connectivity index (χ1n) is 8.24. The molecular formula is C20H14BrN5O. The molecule has 7 heteroatoms. The molecule has 2 aromatic carbocycles. The second-order valence-electron chi connectivity index (χ2n) is 6.14. The minimum atomic E-state index is -0.140. The summed E-state index contributed by atoms with van der Waals surface area (Å²) in [7, 11) is 1.75. The molecule has 0 fully saturated rings. The molecule has 0 N–H and O–H groups in total. The van der Waals surface area contributed by atoms with E-state index in [-0.39, 0.29) is 5.56 Å². The van der Waals surface area contributed by atoms with Crippen molar-refractivity contribution in [3.05, 3.63) is 80.9 Å². The number of nitriles is 1. The van der Waals surface area contributed by atoms with Crippen molar-refractivity contribution >= 4 is 27.0 Å². The number of hydrogen-bond donors (Lipinski definition) is 0. The van der Waals surface area contributed by atoms with Gasteiger partial charge in [0.2, 0.25) is 0 Å². The van der Waals surface area contributed by atoms with Gasteiger partial charge in [0.05, 0.1) is 18.2 Å². The zero-order chi connectivity index (χ0) is 19.0. The van der Waals surface area contributed by atoms with Crippen LogP contribution in [0.2, 0.25) is 0 Å². The second-order valence-corrected chi connectivity index (χ2v) is 6.90. The average molecular weight is 420 g/mol. The molecule has 2 heterocycles. The van der Waals surface area contributed by atoms with Crippen LogP contribution in [0.4, 0.5) is 0 Å². The molecule has 0 bridgehead atoms. The summed E-state index contributed by atoms with van der Waals surface area (Å²) in [6.45, 7) is 0.406. The molecule has 27 heavy (non-hydrogen) atoms. The van der Waals surface area contributed by atoms with E-state index in [1.807, 2.05) is 42.5 Å². The van der Waals surface area contributed by atoms with E-state index in [4.69, 9.17) is 0 Å². The Morgan fingerprint density at radius 3 is 2.63 bits per heavy atom. The summed E-state index contributed by atoms with van der Waals surface area (Å²) in [5.74, 6) is 0. The molecule has 0 aliphatic carbocycles. The maximum Gasteiger partial charge on any atom is 0.265 e. The Morgan fingerprint density at radius 2 is 1.89 bits per heavy atom. The maximum atomic E-state index is 12.7. The normalized spacial score (nSPS) is 10.9. The smallest absolute Gasteiger partial charge is 0.265 e. The van der Waals surface area contributed by atoms with Gasteiger partial charge in [0.1, 0.15) is 16.3 Å². The first-order chi connectivity index (χ1) is 13.1. The predicted octanol–water partition coefficient (Wildman–Crippen LogP) is 3.48. The number of nitrogens with zero attached hydrogens (tertiary/aromatic N) is 5. The van der Waals surface area contributed by atoms with E-state index in [0.717, 1.165) is 16.7 Å². The zero-order valence-electron chi connectivity index (χ0n) is 14.4. The van der Waals surface area contributed by atoms with Crippen LogP contribution in [-0.2, 0) is 13.6 Å². The summed E-state index contributed by atoms with van der Waals surface area (Å²) in [5.41, 5.74) is 3.87. The van der Waals surface area contributed by atoms with E-state index in [0.29, 0.717) is 27.7 Å². The highest BCUT2D eigenvalue weighted by molar-refractivity contribution is 9.10. The highest BCUT2D eigenvalue weighted by atomic mass is 79.9. The molecule has 0 amide bonds. The average Bonchev–Trinajstić information content (AvgIpc) is 2.98. The molecule has 6 nitrogen and oxygen atoms in total. The van der Waals surface area contributed by atoms with Crippen LogP contribution in [0.1, 0.15) is 11.1 Å². The van der Waals surface area contributed by atoms with Crippen molar-refractivity contribution in [3.63, 3.8) is 0 Å². The lowest BCUT2D eigenvalue weighted by atomic mass is 9.99. The predicted molar refractivity (Wildman–Crippen MR) is 106 cm³/mol. The molecule has 0 radical (unpaired) electrons. The van der Waals surface area contributed by atoms with Crippen LogP contribution < -0.4 is 5.56 Å². The van der Waals surface area contributed by atoms with Crippen molar-refractivity contribution in [2.24, 2.45) is 7.05 Å². The third-order valence-electron chi connectivity index (χ3n) is 4.43. The quantitative estimate of drug-likeness (QED) is 0.509. The van der Waals surface area contributed by atoms with E-state index in [1.165, 1.54) is 6.33 Å². The van der Waals surface area contributed by atoms with Gasteiger partial charge in [0.25, 0.3) is 5.56 Å². The summed E-state index contributed by atoms with van der Waals surface area (Å²) in [4.78, 5) is 17.1. The fourth-order valence-electron chi connectivity index (χ4n) is 3.07. The van der Waals surface area contributed by atoms with Gasteiger partial charge >= 0.3 is 0 Å². The standard InChI is InChI=1S/C20H14BrN5O/c1-25-19-17(18(21)24-25)20(27)26(12-23-19)11-13-6-8-14(9-7-13)16-5-3-2-4-15(16)10-22/h2-9,12H,11H2,1H3. The summed E-state index contributed by atoms with van der Waals surface area (Å²) in [6, 6.07) is 17.5. The Kier molecular flexibility index (Phi) is 4.34. The number of rotatable bonds is 3. The molecule has 0 aliphatic heterocycles. The van der Waals surface area contributed by atoms with Crippen molar-refractivity contribution in [2.45, 2.75) is 6.54 Å². The first-order valence-corrected chi connectivity index (χ1v) is 9.04. The monoisotopic (exact) mass is 419 g/mol. The van der Waals surface area contributed by atoms with Crippen LogP contribution in [-0.4, -0.2) is 19.3 Å². The van der Waals surface area contributed by atoms with Gasteiger partial charge in [-0.3, -0.25) is 9.36 Å². The molecule has 4 aromatic rings. The zero-order valence-corrected chi connectivity index (χ0v) is 16.0. The van der Waals surface area contributed by atoms with Gasteiger partial charge < -0.3 is 0 Å². The fraction of sp³-hybridized carbons (Fsp3) is 0.100. The molecule has 0 spiro atoms. The van der Waals surface area contributed by atoms with Gasteiger partial charge in [-0.25, -0.2) is 9.67 Å². The number of aryl methyl sites for hydroxylation is 1.